The van der Waals surface area contributed by atoms with Crippen LogP contribution in [0, 0.1) is 5.92 Å². The molecule has 1 aromatic carbocycles. The maximum Gasteiger partial charge on any atom is 0.291 e. The maximum absolute atomic E-state index is 6.07. The zero-order valence-electron chi connectivity index (χ0n) is 12.0. The Kier molecular flexibility index (Phi) is 4.81. The molecule has 22 heavy (non-hydrogen) atoms. The molecule has 0 radical (unpaired) electrons. The lowest BCUT2D eigenvalue weighted by atomic mass is 10.1. The Hall–Kier alpha value is -1.37. The van der Waals surface area contributed by atoms with Crippen molar-refractivity contribution in [1.29, 1.82) is 0 Å². The van der Waals surface area contributed by atoms with Gasteiger partial charge in [0.25, 0.3) is 11.8 Å². The van der Waals surface area contributed by atoms with Gasteiger partial charge in [0, 0.05) is 18.5 Å². The highest BCUT2D eigenvalue weighted by Crippen LogP contribution is 2.36. The van der Waals surface area contributed by atoms with Gasteiger partial charge in [-0.1, -0.05) is 30.3 Å². The molecule has 2 aliphatic rings. The van der Waals surface area contributed by atoms with E-state index in [0.29, 0.717) is 30.3 Å². The molecule has 1 saturated heterocycles. The van der Waals surface area contributed by atoms with Crippen LogP contribution in [0.5, 0.6) is 11.8 Å². The first-order valence-electron chi connectivity index (χ1n) is 7.29. The Morgan fingerprint density at radius 1 is 1.14 bits per heavy atom. The van der Waals surface area contributed by atoms with Gasteiger partial charge in [0.15, 0.2) is 0 Å². The normalized spacial score (nSPS) is 25.7. The molecule has 1 aliphatic heterocycles. The highest BCUT2D eigenvalue weighted by Gasteiger charge is 2.44. The number of fused-ring (bicyclic) bond motifs is 2. The van der Waals surface area contributed by atoms with Crippen molar-refractivity contribution < 1.29 is 9.47 Å². The minimum absolute atomic E-state index is 0. The third-order valence-corrected chi connectivity index (χ3v) is 4.74. The molecule has 2 fully saturated rings. The van der Waals surface area contributed by atoms with E-state index in [0.717, 1.165) is 23.8 Å². The van der Waals surface area contributed by atoms with Crippen molar-refractivity contribution in [2.24, 2.45) is 5.92 Å². The van der Waals surface area contributed by atoms with Gasteiger partial charge in [0.05, 0.1) is 11.7 Å². The van der Waals surface area contributed by atoms with Crippen LogP contribution in [-0.4, -0.2) is 27.4 Å². The molecular weight excluding hydrogens is 322 g/mol. The van der Waals surface area contributed by atoms with E-state index in [-0.39, 0.29) is 18.5 Å². The molecule has 2 heterocycles. The Bertz CT molecular complexity index is 590. The van der Waals surface area contributed by atoms with E-state index in [4.69, 9.17) is 9.47 Å². The van der Waals surface area contributed by atoms with Gasteiger partial charge < -0.3 is 14.8 Å². The highest BCUT2D eigenvalue weighted by atomic mass is 35.5. The first-order chi connectivity index (χ1) is 10.4. The predicted octanol–water partition coefficient (Wildman–Crippen LogP) is 2.67. The minimum atomic E-state index is 0. The van der Waals surface area contributed by atoms with E-state index in [9.17, 15) is 0 Å². The van der Waals surface area contributed by atoms with Gasteiger partial charge in [-0.25, -0.2) is 0 Å². The molecule has 1 aromatic heterocycles. The van der Waals surface area contributed by atoms with Gasteiger partial charge >= 0.3 is 0 Å². The molecule has 2 bridgehead atoms. The van der Waals surface area contributed by atoms with Gasteiger partial charge in [0.2, 0.25) is 0 Å². The number of aromatic nitrogens is 2. The zero-order chi connectivity index (χ0) is 14.1. The Morgan fingerprint density at radius 3 is 2.64 bits per heavy atom. The van der Waals surface area contributed by atoms with Gasteiger partial charge in [-0.3, -0.25) is 0 Å². The molecule has 1 aliphatic carbocycles. The van der Waals surface area contributed by atoms with E-state index < -0.39 is 0 Å². The summed E-state index contributed by atoms with van der Waals surface area (Å²) in [5, 5.41) is 3.49. The van der Waals surface area contributed by atoms with Gasteiger partial charge in [-0.05, 0) is 18.4 Å². The van der Waals surface area contributed by atoms with Crippen molar-refractivity contribution in [3.8, 4) is 11.8 Å². The van der Waals surface area contributed by atoms with Crippen molar-refractivity contribution in [3.63, 3.8) is 0 Å². The molecular formula is C15H18ClN3O2S. The monoisotopic (exact) mass is 339 g/mol. The van der Waals surface area contributed by atoms with Gasteiger partial charge in [-0.15, -0.1) is 21.2 Å². The van der Waals surface area contributed by atoms with Crippen LogP contribution in [-0.2, 0) is 6.61 Å². The number of halogens is 1. The van der Waals surface area contributed by atoms with E-state index in [2.05, 4.69) is 14.1 Å². The Balaban J connectivity index is 0.00000144. The second kappa shape index (κ2) is 6.81. The van der Waals surface area contributed by atoms with Crippen molar-refractivity contribution in [2.75, 3.05) is 6.54 Å². The summed E-state index contributed by atoms with van der Waals surface area (Å²) in [5.74, 6) is 1.65. The van der Waals surface area contributed by atoms with Crippen molar-refractivity contribution in [1.82, 2.24) is 14.1 Å². The first kappa shape index (κ1) is 15.5. The third kappa shape index (κ3) is 3.04. The number of hydrogen-bond donors (Lipinski definition) is 1. The molecule has 1 saturated carbocycles. The summed E-state index contributed by atoms with van der Waals surface area (Å²) < 4.78 is 20.3. The topological polar surface area (TPSA) is 56.3 Å². The van der Waals surface area contributed by atoms with Crippen molar-refractivity contribution in [3.05, 3.63) is 35.9 Å². The standard InChI is InChI=1S/C15H17N3O2S.ClH/c1-2-4-10(5-3-1)9-19-14-15(18-21-17-14)20-13-11-6-7-12(13)16-8-11;/h1-5,11-13,16H,6-9H2;1H. The summed E-state index contributed by atoms with van der Waals surface area (Å²) in [5.41, 5.74) is 1.11. The second-order valence-electron chi connectivity index (χ2n) is 5.58. The van der Waals surface area contributed by atoms with Gasteiger partial charge in [-0.2, -0.15) is 0 Å². The average molecular weight is 340 g/mol. The molecule has 0 amide bonds. The van der Waals surface area contributed by atoms with Crippen LogP contribution in [0.3, 0.4) is 0 Å². The number of nitrogens with one attached hydrogen (secondary N) is 1. The maximum atomic E-state index is 6.07. The van der Waals surface area contributed by atoms with E-state index in [1.54, 1.807) is 0 Å². The predicted molar refractivity (Wildman–Crippen MR) is 86.9 cm³/mol. The zero-order valence-corrected chi connectivity index (χ0v) is 13.6. The van der Waals surface area contributed by atoms with E-state index >= 15 is 0 Å². The summed E-state index contributed by atoms with van der Waals surface area (Å²) in [7, 11) is 0. The SMILES string of the molecule is Cl.c1ccc(COc2nsnc2OC2C3CCC2NC3)cc1. The first-order valence-corrected chi connectivity index (χ1v) is 8.02. The quantitative estimate of drug-likeness (QED) is 0.907. The second-order valence-corrected chi connectivity index (χ2v) is 6.11. The van der Waals surface area contributed by atoms with Crippen LogP contribution in [0.4, 0.5) is 0 Å². The van der Waals surface area contributed by atoms with E-state index in [1.165, 1.54) is 12.8 Å². The van der Waals surface area contributed by atoms with Crippen molar-refractivity contribution in [2.45, 2.75) is 31.6 Å². The van der Waals surface area contributed by atoms with Crippen LogP contribution >= 0.6 is 24.1 Å². The summed E-state index contributed by atoms with van der Waals surface area (Å²) >= 11 is 1.14. The fourth-order valence-corrected chi connectivity index (χ4v) is 3.60. The Labute approximate surface area is 139 Å². The molecule has 5 nitrogen and oxygen atoms in total. The van der Waals surface area contributed by atoms with Gasteiger partial charge in [0.1, 0.15) is 12.7 Å². The number of ether oxygens (including phenoxy) is 2. The van der Waals surface area contributed by atoms with E-state index in [1.807, 2.05) is 30.3 Å². The van der Waals surface area contributed by atoms with Crippen LogP contribution in [0.15, 0.2) is 30.3 Å². The number of hydrogen-bond acceptors (Lipinski definition) is 6. The largest absolute Gasteiger partial charge is 0.468 e. The number of rotatable bonds is 5. The molecule has 4 rings (SSSR count). The molecule has 0 spiro atoms. The summed E-state index contributed by atoms with van der Waals surface area (Å²) in [4.78, 5) is 0. The molecule has 3 atom stereocenters. The number of piperidine rings is 1. The number of nitrogens with zero attached hydrogens (tertiary/aromatic N) is 2. The average Bonchev–Trinajstić information content (AvgIpc) is 3.24. The molecule has 118 valence electrons. The fraction of sp³-hybridized carbons (Fsp3) is 0.467. The molecule has 1 N–H and O–H groups in total. The van der Waals surface area contributed by atoms with Crippen LogP contribution < -0.4 is 14.8 Å². The van der Waals surface area contributed by atoms with Crippen LogP contribution in [0.2, 0.25) is 0 Å². The minimum Gasteiger partial charge on any atom is -0.468 e. The summed E-state index contributed by atoms with van der Waals surface area (Å²) in [6.07, 6.45) is 2.64. The van der Waals surface area contributed by atoms with Crippen LogP contribution in [0.25, 0.3) is 0 Å². The summed E-state index contributed by atoms with van der Waals surface area (Å²) in [6, 6.07) is 10.5. The fourth-order valence-electron chi connectivity index (χ4n) is 3.16. The Morgan fingerprint density at radius 2 is 1.95 bits per heavy atom. The third-order valence-electron chi connectivity index (χ3n) is 4.25. The lowest BCUT2D eigenvalue weighted by Crippen LogP contribution is -2.31. The smallest absolute Gasteiger partial charge is 0.291 e. The molecule has 2 aromatic rings. The van der Waals surface area contributed by atoms with Crippen molar-refractivity contribution >= 4 is 24.1 Å². The lowest BCUT2D eigenvalue weighted by molar-refractivity contribution is 0.158. The molecule has 7 heteroatoms. The molecule has 3 unspecified atom stereocenters. The van der Waals surface area contributed by atoms with Crippen LogP contribution in [0.1, 0.15) is 18.4 Å². The lowest BCUT2D eigenvalue weighted by Gasteiger charge is -2.16. The summed E-state index contributed by atoms with van der Waals surface area (Å²) in [6.45, 7) is 1.53. The highest BCUT2D eigenvalue weighted by molar-refractivity contribution is 6.99. The number of benzene rings is 1.